The van der Waals surface area contributed by atoms with E-state index in [1.807, 2.05) is 35.7 Å². The number of amides is 1. The lowest BCUT2D eigenvalue weighted by atomic mass is 10.1. The molecule has 1 atom stereocenters. The quantitative estimate of drug-likeness (QED) is 0.711. The molecule has 1 N–H and O–H groups in total. The third kappa shape index (κ3) is 3.47. The smallest absolute Gasteiger partial charge is 0.276 e. The van der Waals surface area contributed by atoms with Crippen LogP contribution in [-0.4, -0.2) is 16.1 Å². The Bertz CT molecular complexity index is 1220. The van der Waals surface area contributed by atoms with Gasteiger partial charge < -0.3 is 0 Å². The number of hydrogen-bond acceptors (Lipinski definition) is 6. The van der Waals surface area contributed by atoms with Crippen LogP contribution in [0.4, 0.5) is 0 Å². The highest BCUT2D eigenvalue weighted by Gasteiger charge is 2.34. The lowest BCUT2D eigenvalue weighted by molar-refractivity contribution is -0.116. The maximum absolute atomic E-state index is 13.0. The van der Waals surface area contributed by atoms with Crippen LogP contribution in [0.3, 0.4) is 0 Å². The monoisotopic (exact) mass is 418 g/mol. The molecule has 29 heavy (non-hydrogen) atoms. The van der Waals surface area contributed by atoms with E-state index in [1.54, 1.807) is 16.3 Å². The Morgan fingerprint density at radius 3 is 2.76 bits per heavy atom. The number of thiophene rings is 1. The van der Waals surface area contributed by atoms with Crippen molar-refractivity contribution in [3.8, 4) is 0 Å². The normalized spacial score (nSPS) is 17.8. The first kappa shape index (κ1) is 18.1. The molecule has 1 aromatic heterocycles. The highest BCUT2D eigenvalue weighted by Crippen LogP contribution is 2.32. The van der Waals surface area contributed by atoms with Crippen molar-refractivity contribution in [2.45, 2.75) is 18.8 Å². The van der Waals surface area contributed by atoms with Crippen molar-refractivity contribution in [3.63, 3.8) is 0 Å². The highest BCUT2D eigenvalue weighted by molar-refractivity contribution is 8.13. The number of nitrogens with zero attached hydrogens (tertiary/aromatic N) is 3. The molecule has 0 unspecified atom stereocenters. The molecule has 5 nitrogen and oxygen atoms in total. The summed E-state index contributed by atoms with van der Waals surface area (Å²) in [6.07, 6.45) is -0.341. The zero-order valence-electron chi connectivity index (χ0n) is 15.7. The number of fused-ring (bicyclic) bond motifs is 2. The van der Waals surface area contributed by atoms with Crippen LogP contribution in [0.15, 0.2) is 75.5 Å². The van der Waals surface area contributed by atoms with Crippen LogP contribution < -0.4 is 15.9 Å². The van der Waals surface area contributed by atoms with Crippen LogP contribution in [-0.2, 0) is 10.5 Å². The summed E-state index contributed by atoms with van der Waals surface area (Å²) in [7, 11) is 0. The standard InChI is InChI=1S/C22H18N4OS2/c1-14-6-8-15(9-7-14)12-29-22-24-21(27)19-17-4-2-3-5-18(17)23-20(26(19)25-22)16-10-11-28-13-16/h2-11,13,20H,12H2,1H3,(H,24,25,27)/t20-/m1/s1. The van der Waals surface area contributed by atoms with Gasteiger partial charge in [-0.25, -0.2) is 5.01 Å². The molecule has 0 bridgehead atoms. The van der Waals surface area contributed by atoms with Gasteiger partial charge in [0.2, 0.25) is 0 Å². The summed E-state index contributed by atoms with van der Waals surface area (Å²) in [4.78, 5) is 17.9. The molecule has 1 amide bonds. The first-order valence-electron chi connectivity index (χ1n) is 9.26. The third-order valence-corrected chi connectivity index (χ3v) is 6.49. The van der Waals surface area contributed by atoms with Crippen molar-refractivity contribution in [1.29, 1.82) is 0 Å². The van der Waals surface area contributed by atoms with E-state index < -0.39 is 0 Å². The minimum atomic E-state index is -0.341. The molecule has 0 saturated heterocycles. The molecule has 2 aliphatic heterocycles. The van der Waals surface area contributed by atoms with Gasteiger partial charge in [-0.2, -0.15) is 11.3 Å². The van der Waals surface area contributed by atoms with Gasteiger partial charge >= 0.3 is 0 Å². The summed E-state index contributed by atoms with van der Waals surface area (Å²) in [6.45, 7) is 2.07. The molecule has 144 valence electrons. The summed E-state index contributed by atoms with van der Waals surface area (Å²) >= 11 is 3.13. The lowest BCUT2D eigenvalue weighted by Gasteiger charge is -2.33. The molecule has 3 heterocycles. The van der Waals surface area contributed by atoms with Crippen LogP contribution >= 0.6 is 23.1 Å². The SMILES string of the molecule is Cc1ccc(CSC2=NN3C(=c4ccccc4=N[C@H]3c3ccsc3)C(=O)N2)cc1. The molecule has 3 aromatic rings. The number of amidine groups is 1. The molecule has 7 heteroatoms. The van der Waals surface area contributed by atoms with Crippen LogP contribution in [0.1, 0.15) is 22.9 Å². The number of rotatable bonds is 3. The van der Waals surface area contributed by atoms with Gasteiger partial charge in [0, 0.05) is 16.5 Å². The molecule has 5 rings (SSSR count). The Labute approximate surface area is 176 Å². The van der Waals surface area contributed by atoms with Crippen LogP contribution in [0, 0.1) is 6.92 Å². The van der Waals surface area contributed by atoms with Gasteiger partial charge in [-0.15, -0.1) is 5.10 Å². The Morgan fingerprint density at radius 2 is 1.97 bits per heavy atom. The fourth-order valence-electron chi connectivity index (χ4n) is 3.37. The molecule has 0 radical (unpaired) electrons. The summed E-state index contributed by atoms with van der Waals surface area (Å²) in [5, 5.41) is 15.8. The summed E-state index contributed by atoms with van der Waals surface area (Å²) in [6, 6.07) is 18.1. The maximum atomic E-state index is 13.0. The van der Waals surface area contributed by atoms with Crippen molar-refractivity contribution >= 4 is 39.9 Å². The lowest BCUT2D eigenvalue weighted by Crippen LogP contribution is -2.50. The van der Waals surface area contributed by atoms with E-state index in [1.165, 1.54) is 22.9 Å². The number of benzene rings is 2. The van der Waals surface area contributed by atoms with Crippen molar-refractivity contribution in [3.05, 3.63) is 92.6 Å². The van der Waals surface area contributed by atoms with Crippen molar-refractivity contribution < 1.29 is 4.79 Å². The first-order valence-corrected chi connectivity index (χ1v) is 11.2. The first-order chi connectivity index (χ1) is 14.2. The zero-order valence-corrected chi connectivity index (χ0v) is 17.3. The van der Waals surface area contributed by atoms with Gasteiger partial charge in [0.25, 0.3) is 5.91 Å². The van der Waals surface area contributed by atoms with Gasteiger partial charge in [0.05, 0.1) is 5.36 Å². The number of hydrazone groups is 1. The number of aryl methyl sites for hydroxylation is 1. The number of para-hydroxylation sites is 1. The van der Waals surface area contributed by atoms with Crippen molar-refractivity contribution in [2.75, 3.05) is 0 Å². The number of thioether (sulfide) groups is 1. The van der Waals surface area contributed by atoms with Gasteiger partial charge in [-0.3, -0.25) is 15.1 Å². The average Bonchev–Trinajstić information content (AvgIpc) is 3.27. The van der Waals surface area contributed by atoms with Crippen LogP contribution in [0.2, 0.25) is 0 Å². The summed E-state index contributed by atoms with van der Waals surface area (Å²) < 4.78 is 0. The molecule has 0 saturated carbocycles. The Hall–Kier alpha value is -2.90. The van der Waals surface area contributed by atoms with E-state index >= 15 is 0 Å². The number of hydrogen-bond donors (Lipinski definition) is 1. The third-order valence-electron chi connectivity index (χ3n) is 4.85. The van der Waals surface area contributed by atoms with E-state index in [2.05, 4.69) is 41.9 Å². The minimum Gasteiger partial charge on any atom is -0.298 e. The largest absolute Gasteiger partial charge is 0.298 e. The highest BCUT2D eigenvalue weighted by atomic mass is 32.2. The summed E-state index contributed by atoms with van der Waals surface area (Å²) in [5.74, 6) is 0.591. The average molecular weight is 419 g/mol. The zero-order chi connectivity index (χ0) is 19.8. The van der Waals surface area contributed by atoms with Gasteiger partial charge in [0.1, 0.15) is 5.70 Å². The van der Waals surface area contributed by atoms with E-state index in [9.17, 15) is 4.79 Å². The molecule has 2 aromatic carbocycles. The fraction of sp³-hybridized carbons (Fsp3) is 0.136. The molecule has 0 spiro atoms. The minimum absolute atomic E-state index is 0.144. The molecular weight excluding hydrogens is 400 g/mol. The Balaban J connectivity index is 1.53. The predicted octanol–water partition coefficient (Wildman–Crippen LogP) is 3.13. The Morgan fingerprint density at radius 1 is 1.14 bits per heavy atom. The molecule has 0 aliphatic carbocycles. The van der Waals surface area contributed by atoms with Gasteiger partial charge in [-0.05, 0) is 35.4 Å². The number of nitrogens with one attached hydrogen (secondary N) is 1. The second-order valence-corrected chi connectivity index (χ2v) is 8.65. The van der Waals surface area contributed by atoms with Crippen molar-refractivity contribution in [1.82, 2.24) is 10.3 Å². The Kier molecular flexibility index (Phi) is 4.69. The second kappa shape index (κ2) is 7.50. The summed E-state index contributed by atoms with van der Waals surface area (Å²) in [5.41, 5.74) is 4.00. The molecular formula is C22H18N4OS2. The fourth-order valence-corrected chi connectivity index (χ4v) is 4.85. The number of carbonyl (C=O) groups excluding carboxylic acids is 1. The predicted molar refractivity (Wildman–Crippen MR) is 118 cm³/mol. The molecule has 0 fully saturated rings. The van der Waals surface area contributed by atoms with Crippen molar-refractivity contribution in [2.24, 2.45) is 10.1 Å². The van der Waals surface area contributed by atoms with Gasteiger partial charge in [0.15, 0.2) is 11.3 Å². The number of carbonyl (C=O) groups is 1. The van der Waals surface area contributed by atoms with E-state index in [0.717, 1.165) is 21.9 Å². The topological polar surface area (TPSA) is 57.1 Å². The second-order valence-electron chi connectivity index (χ2n) is 6.90. The van der Waals surface area contributed by atoms with E-state index in [4.69, 9.17) is 10.1 Å². The van der Waals surface area contributed by atoms with E-state index in [0.29, 0.717) is 10.9 Å². The maximum Gasteiger partial charge on any atom is 0.276 e. The molecule has 2 aliphatic rings. The van der Waals surface area contributed by atoms with E-state index in [-0.39, 0.29) is 12.1 Å². The van der Waals surface area contributed by atoms with Crippen LogP contribution in [0.5, 0.6) is 0 Å². The van der Waals surface area contributed by atoms with Crippen LogP contribution in [0.25, 0.3) is 5.70 Å². The van der Waals surface area contributed by atoms with Gasteiger partial charge in [-0.1, -0.05) is 59.8 Å².